The van der Waals surface area contributed by atoms with Crippen molar-refractivity contribution >= 4 is 23.4 Å². The molecule has 3 rings (SSSR count). The summed E-state index contributed by atoms with van der Waals surface area (Å²) < 4.78 is 0. The molecule has 0 radical (unpaired) electrons. The minimum absolute atomic E-state index is 0.0262. The van der Waals surface area contributed by atoms with Gasteiger partial charge < -0.3 is 10.2 Å². The van der Waals surface area contributed by atoms with Crippen LogP contribution < -0.4 is 5.32 Å². The van der Waals surface area contributed by atoms with Gasteiger partial charge in [-0.05, 0) is 49.1 Å². The van der Waals surface area contributed by atoms with Crippen molar-refractivity contribution < 1.29 is 9.59 Å². The van der Waals surface area contributed by atoms with E-state index in [4.69, 9.17) is 11.6 Å². The zero-order valence-electron chi connectivity index (χ0n) is 14.0. The maximum absolute atomic E-state index is 12.9. The molecule has 2 amide bonds. The summed E-state index contributed by atoms with van der Waals surface area (Å²) >= 11 is 6.04. The molecule has 1 saturated heterocycles. The lowest BCUT2D eigenvalue weighted by molar-refractivity contribution is -0.133. The fourth-order valence-corrected chi connectivity index (χ4v) is 3.30. The van der Waals surface area contributed by atoms with E-state index in [1.807, 2.05) is 47.4 Å². The molecule has 0 aliphatic carbocycles. The number of rotatable bonds is 4. The number of nitrogens with one attached hydrogen (secondary N) is 1. The first-order valence-electron chi connectivity index (χ1n) is 8.52. The standard InChI is InChI=1S/C20H21ClN2O2/c21-17-10-6-7-15(13-17)14-23-12-5-4-11-18(20(23)25)22-19(24)16-8-2-1-3-9-16/h1-3,6-10,13,18H,4-5,11-12,14H2,(H,22,24). The number of hydrogen-bond donors (Lipinski definition) is 1. The van der Waals surface area contributed by atoms with Gasteiger partial charge in [0.2, 0.25) is 5.91 Å². The van der Waals surface area contributed by atoms with Crippen LogP contribution in [0.3, 0.4) is 0 Å². The average molecular weight is 357 g/mol. The molecule has 0 spiro atoms. The lowest BCUT2D eigenvalue weighted by Crippen LogP contribution is -2.47. The molecule has 1 heterocycles. The van der Waals surface area contributed by atoms with E-state index in [9.17, 15) is 9.59 Å². The summed E-state index contributed by atoms with van der Waals surface area (Å²) in [6.07, 6.45) is 2.52. The van der Waals surface area contributed by atoms with Crippen LogP contribution in [0.4, 0.5) is 0 Å². The number of benzene rings is 2. The Kier molecular flexibility index (Phi) is 5.71. The fraction of sp³-hybridized carbons (Fsp3) is 0.300. The van der Waals surface area contributed by atoms with E-state index in [0.717, 1.165) is 18.4 Å². The van der Waals surface area contributed by atoms with Gasteiger partial charge in [0.05, 0.1) is 0 Å². The highest BCUT2D eigenvalue weighted by Gasteiger charge is 2.28. The molecule has 1 unspecified atom stereocenters. The van der Waals surface area contributed by atoms with Crippen LogP contribution in [-0.2, 0) is 11.3 Å². The largest absolute Gasteiger partial charge is 0.340 e. The third-order valence-corrected chi connectivity index (χ3v) is 4.62. The average Bonchev–Trinajstić information content (AvgIpc) is 2.78. The number of amides is 2. The zero-order chi connectivity index (χ0) is 17.6. The smallest absolute Gasteiger partial charge is 0.251 e. The molecule has 130 valence electrons. The molecular weight excluding hydrogens is 336 g/mol. The molecule has 1 N–H and O–H groups in total. The molecule has 4 nitrogen and oxygen atoms in total. The topological polar surface area (TPSA) is 49.4 Å². The molecule has 0 saturated carbocycles. The van der Waals surface area contributed by atoms with Crippen molar-refractivity contribution in [1.29, 1.82) is 0 Å². The maximum Gasteiger partial charge on any atom is 0.251 e. The highest BCUT2D eigenvalue weighted by Crippen LogP contribution is 2.18. The van der Waals surface area contributed by atoms with Crippen LogP contribution in [0, 0.1) is 0 Å². The van der Waals surface area contributed by atoms with Gasteiger partial charge in [-0.1, -0.05) is 41.9 Å². The normalized spacial score (nSPS) is 17.9. The molecule has 2 aromatic carbocycles. The Morgan fingerprint density at radius 2 is 1.92 bits per heavy atom. The Hall–Kier alpha value is -2.33. The summed E-state index contributed by atoms with van der Waals surface area (Å²) in [6.45, 7) is 1.21. The second kappa shape index (κ2) is 8.17. The first-order valence-corrected chi connectivity index (χ1v) is 8.90. The van der Waals surface area contributed by atoms with E-state index in [2.05, 4.69) is 5.32 Å². The summed E-state index contributed by atoms with van der Waals surface area (Å²) in [4.78, 5) is 27.1. The van der Waals surface area contributed by atoms with Crippen LogP contribution in [0.5, 0.6) is 0 Å². The van der Waals surface area contributed by atoms with Gasteiger partial charge in [0.1, 0.15) is 6.04 Å². The summed E-state index contributed by atoms with van der Waals surface area (Å²) in [6, 6.07) is 16.0. The van der Waals surface area contributed by atoms with Crippen molar-refractivity contribution in [2.45, 2.75) is 31.8 Å². The summed E-state index contributed by atoms with van der Waals surface area (Å²) in [5, 5.41) is 3.56. The minimum Gasteiger partial charge on any atom is -0.340 e. The number of carbonyl (C=O) groups is 2. The van der Waals surface area contributed by atoms with Crippen molar-refractivity contribution in [3.63, 3.8) is 0 Å². The van der Waals surface area contributed by atoms with Crippen LogP contribution in [0.2, 0.25) is 5.02 Å². The van der Waals surface area contributed by atoms with Crippen LogP contribution in [0.25, 0.3) is 0 Å². The molecule has 1 fully saturated rings. The number of hydrogen-bond acceptors (Lipinski definition) is 2. The number of likely N-dealkylation sites (tertiary alicyclic amines) is 1. The lowest BCUT2D eigenvalue weighted by atomic mass is 10.1. The van der Waals surface area contributed by atoms with Crippen molar-refractivity contribution in [3.8, 4) is 0 Å². The highest BCUT2D eigenvalue weighted by molar-refractivity contribution is 6.30. The Balaban J connectivity index is 1.70. The van der Waals surface area contributed by atoms with Crippen molar-refractivity contribution in [2.24, 2.45) is 0 Å². The van der Waals surface area contributed by atoms with E-state index >= 15 is 0 Å². The summed E-state index contributed by atoms with van der Waals surface area (Å²) in [5.41, 5.74) is 1.57. The summed E-state index contributed by atoms with van der Waals surface area (Å²) in [7, 11) is 0. The maximum atomic E-state index is 12.9. The van der Waals surface area contributed by atoms with Crippen LogP contribution in [0.15, 0.2) is 54.6 Å². The van der Waals surface area contributed by atoms with Gasteiger partial charge in [-0.25, -0.2) is 0 Å². The van der Waals surface area contributed by atoms with Crippen LogP contribution in [-0.4, -0.2) is 29.3 Å². The van der Waals surface area contributed by atoms with Gasteiger partial charge in [0.25, 0.3) is 5.91 Å². The third-order valence-electron chi connectivity index (χ3n) is 4.38. The number of nitrogens with zero attached hydrogens (tertiary/aromatic N) is 1. The van der Waals surface area contributed by atoms with Gasteiger partial charge >= 0.3 is 0 Å². The first-order chi connectivity index (χ1) is 12.1. The molecule has 0 aromatic heterocycles. The molecule has 2 aromatic rings. The predicted octanol–water partition coefficient (Wildman–Crippen LogP) is 3.65. The van der Waals surface area contributed by atoms with Gasteiger partial charge in [0.15, 0.2) is 0 Å². The van der Waals surface area contributed by atoms with Crippen LogP contribution in [0.1, 0.15) is 35.2 Å². The molecule has 1 aliphatic heterocycles. The van der Waals surface area contributed by atoms with Crippen molar-refractivity contribution in [2.75, 3.05) is 6.54 Å². The molecule has 1 aliphatic rings. The molecule has 5 heteroatoms. The van der Waals surface area contributed by atoms with Crippen molar-refractivity contribution in [1.82, 2.24) is 10.2 Å². The van der Waals surface area contributed by atoms with Gasteiger partial charge in [-0.3, -0.25) is 9.59 Å². The lowest BCUT2D eigenvalue weighted by Gasteiger charge is -2.25. The molecule has 0 bridgehead atoms. The van der Waals surface area contributed by atoms with E-state index in [1.165, 1.54) is 0 Å². The Morgan fingerprint density at radius 1 is 1.12 bits per heavy atom. The first kappa shape index (κ1) is 17.5. The molecule has 25 heavy (non-hydrogen) atoms. The number of carbonyl (C=O) groups excluding carboxylic acids is 2. The number of halogens is 1. The monoisotopic (exact) mass is 356 g/mol. The predicted molar refractivity (Wildman–Crippen MR) is 98.4 cm³/mol. The zero-order valence-corrected chi connectivity index (χ0v) is 14.7. The van der Waals surface area contributed by atoms with Gasteiger partial charge in [0, 0.05) is 23.7 Å². The second-order valence-corrected chi connectivity index (χ2v) is 6.71. The third kappa shape index (κ3) is 4.60. The van der Waals surface area contributed by atoms with Gasteiger partial charge in [-0.15, -0.1) is 0 Å². The Morgan fingerprint density at radius 3 is 2.68 bits per heavy atom. The fourth-order valence-electron chi connectivity index (χ4n) is 3.08. The second-order valence-electron chi connectivity index (χ2n) is 6.28. The minimum atomic E-state index is -0.477. The van der Waals surface area contributed by atoms with Gasteiger partial charge in [-0.2, -0.15) is 0 Å². The Bertz CT molecular complexity index is 748. The van der Waals surface area contributed by atoms with E-state index in [0.29, 0.717) is 30.1 Å². The van der Waals surface area contributed by atoms with Crippen molar-refractivity contribution in [3.05, 3.63) is 70.7 Å². The van der Waals surface area contributed by atoms with Crippen LogP contribution >= 0.6 is 11.6 Å². The van der Waals surface area contributed by atoms with E-state index in [-0.39, 0.29) is 11.8 Å². The summed E-state index contributed by atoms with van der Waals surface area (Å²) in [5.74, 6) is -0.231. The van der Waals surface area contributed by atoms with E-state index < -0.39 is 6.04 Å². The Labute approximate surface area is 152 Å². The highest BCUT2D eigenvalue weighted by atomic mass is 35.5. The quantitative estimate of drug-likeness (QED) is 0.909. The SMILES string of the molecule is O=C(NC1CCCCN(Cc2cccc(Cl)c2)C1=O)c1ccccc1. The molecular formula is C20H21ClN2O2. The van der Waals surface area contributed by atoms with E-state index in [1.54, 1.807) is 12.1 Å². The molecule has 1 atom stereocenters.